The molecule has 0 aliphatic heterocycles. The molecule has 0 saturated carbocycles. The van der Waals surface area contributed by atoms with Gasteiger partial charge in [0.15, 0.2) is 0 Å². The molecule has 2 rings (SSSR count). The van der Waals surface area contributed by atoms with Gasteiger partial charge in [0.2, 0.25) is 0 Å². The molecule has 2 heteroatoms. The third kappa shape index (κ3) is 1.62. The third-order valence-electron chi connectivity index (χ3n) is 2.03. The summed E-state index contributed by atoms with van der Waals surface area (Å²) in [4.78, 5) is 3.95. The molecule has 0 saturated heterocycles. The predicted octanol–water partition coefficient (Wildman–Crippen LogP) is 2.62. The van der Waals surface area contributed by atoms with E-state index in [4.69, 9.17) is 5.26 Å². The van der Waals surface area contributed by atoms with Gasteiger partial charge < -0.3 is 0 Å². The molecule has 1 heterocycles. The maximum atomic E-state index is 8.64. The van der Waals surface area contributed by atoms with Crippen LogP contribution in [0, 0.1) is 11.3 Å². The van der Waals surface area contributed by atoms with Crippen molar-refractivity contribution in [2.75, 3.05) is 0 Å². The van der Waals surface area contributed by atoms with Gasteiger partial charge in [-0.05, 0) is 35.4 Å². The zero-order valence-electron chi connectivity index (χ0n) is 7.51. The van der Waals surface area contributed by atoms with Gasteiger partial charge in [0.05, 0.1) is 11.6 Å². The van der Waals surface area contributed by atoms with E-state index in [-0.39, 0.29) is 0 Å². The second-order valence-corrected chi connectivity index (χ2v) is 2.93. The van der Waals surface area contributed by atoms with Crippen LogP contribution in [-0.4, -0.2) is 4.98 Å². The van der Waals surface area contributed by atoms with E-state index < -0.39 is 0 Å². The quantitative estimate of drug-likeness (QED) is 0.676. The molecule has 14 heavy (non-hydrogen) atoms. The minimum Gasteiger partial charge on any atom is -0.265 e. The highest BCUT2D eigenvalue weighted by Crippen LogP contribution is 2.18. The van der Waals surface area contributed by atoms with Crippen LogP contribution in [0.4, 0.5) is 0 Å². The second kappa shape index (κ2) is 3.71. The van der Waals surface area contributed by atoms with E-state index in [1.54, 1.807) is 12.4 Å². The smallest absolute Gasteiger partial charge is 0.0991 e. The fourth-order valence-corrected chi connectivity index (χ4v) is 1.28. The van der Waals surface area contributed by atoms with Crippen LogP contribution >= 0.6 is 0 Å². The number of rotatable bonds is 1. The molecule has 0 aliphatic carbocycles. The molecule has 0 N–H and O–H groups in total. The van der Waals surface area contributed by atoms with Crippen LogP contribution in [0.15, 0.2) is 48.8 Å². The van der Waals surface area contributed by atoms with Gasteiger partial charge in [0.25, 0.3) is 0 Å². The lowest BCUT2D eigenvalue weighted by Crippen LogP contribution is -1.79. The number of benzene rings is 1. The molecule has 0 spiro atoms. The molecule has 1 aromatic carbocycles. The summed E-state index contributed by atoms with van der Waals surface area (Å²) in [5, 5.41) is 8.64. The topological polar surface area (TPSA) is 36.7 Å². The number of aromatic nitrogens is 1. The maximum Gasteiger partial charge on any atom is 0.0991 e. The summed E-state index contributed by atoms with van der Waals surface area (Å²) >= 11 is 0. The Labute approximate surface area is 82.5 Å². The first-order valence-electron chi connectivity index (χ1n) is 4.31. The summed E-state index contributed by atoms with van der Waals surface area (Å²) in [7, 11) is 0. The van der Waals surface area contributed by atoms with Gasteiger partial charge in [0, 0.05) is 12.4 Å². The van der Waals surface area contributed by atoms with Crippen molar-refractivity contribution in [2.45, 2.75) is 0 Å². The molecule has 1 aromatic heterocycles. The summed E-state index contributed by atoms with van der Waals surface area (Å²) in [6, 6.07) is 13.5. The fraction of sp³-hybridized carbons (Fsp3) is 0. The first-order valence-corrected chi connectivity index (χ1v) is 4.31. The Balaban J connectivity index is 2.40. The largest absolute Gasteiger partial charge is 0.265 e. The van der Waals surface area contributed by atoms with E-state index in [1.807, 2.05) is 36.4 Å². The minimum absolute atomic E-state index is 0.683. The minimum atomic E-state index is 0.683. The normalized spacial score (nSPS) is 9.36. The van der Waals surface area contributed by atoms with Gasteiger partial charge in [0.1, 0.15) is 0 Å². The van der Waals surface area contributed by atoms with Crippen LogP contribution in [0.2, 0.25) is 0 Å². The summed E-state index contributed by atoms with van der Waals surface area (Å²) in [5.41, 5.74) is 2.90. The number of hydrogen-bond acceptors (Lipinski definition) is 2. The molecule has 2 aromatic rings. The molecule has 0 atom stereocenters. The van der Waals surface area contributed by atoms with Crippen molar-refractivity contribution in [1.29, 1.82) is 5.26 Å². The van der Waals surface area contributed by atoms with E-state index in [9.17, 15) is 0 Å². The van der Waals surface area contributed by atoms with Gasteiger partial charge >= 0.3 is 0 Å². The highest BCUT2D eigenvalue weighted by Gasteiger charge is 1.95. The van der Waals surface area contributed by atoms with E-state index in [0.29, 0.717) is 5.56 Å². The predicted molar refractivity (Wildman–Crippen MR) is 54.4 cm³/mol. The molecule has 2 nitrogen and oxygen atoms in total. The number of hydrogen-bond donors (Lipinski definition) is 0. The van der Waals surface area contributed by atoms with E-state index >= 15 is 0 Å². The van der Waals surface area contributed by atoms with Crippen LogP contribution in [0.5, 0.6) is 0 Å². The molecule has 0 radical (unpaired) electrons. The zero-order valence-corrected chi connectivity index (χ0v) is 7.51. The van der Waals surface area contributed by atoms with Crippen molar-refractivity contribution in [3.05, 3.63) is 54.4 Å². The van der Waals surface area contributed by atoms with Crippen LogP contribution in [-0.2, 0) is 0 Å². The lowest BCUT2D eigenvalue weighted by atomic mass is 10.1. The maximum absolute atomic E-state index is 8.64. The molecule has 0 amide bonds. The van der Waals surface area contributed by atoms with E-state index in [0.717, 1.165) is 11.1 Å². The van der Waals surface area contributed by atoms with Crippen molar-refractivity contribution in [2.24, 2.45) is 0 Å². The lowest BCUT2D eigenvalue weighted by molar-refractivity contribution is 1.33. The van der Waals surface area contributed by atoms with Crippen molar-refractivity contribution in [1.82, 2.24) is 4.98 Å². The number of pyridine rings is 1. The summed E-state index contributed by atoms with van der Waals surface area (Å²) in [5.74, 6) is 0. The molecular formula is C12H8N2. The van der Waals surface area contributed by atoms with Crippen molar-refractivity contribution < 1.29 is 0 Å². The molecule has 0 bridgehead atoms. The van der Waals surface area contributed by atoms with Gasteiger partial charge in [-0.15, -0.1) is 0 Å². The highest BCUT2D eigenvalue weighted by atomic mass is 14.6. The fourth-order valence-electron chi connectivity index (χ4n) is 1.28. The van der Waals surface area contributed by atoms with Gasteiger partial charge in [-0.3, -0.25) is 4.98 Å². The first-order chi connectivity index (χ1) is 6.90. The highest BCUT2D eigenvalue weighted by molar-refractivity contribution is 5.63. The molecule has 0 aliphatic rings. The molecule has 66 valence electrons. The first kappa shape index (κ1) is 8.46. The number of nitriles is 1. The number of nitrogens with zero attached hydrogens (tertiary/aromatic N) is 2. The Hall–Kier alpha value is -2.14. The van der Waals surface area contributed by atoms with Gasteiger partial charge in [-0.1, -0.05) is 12.1 Å². The van der Waals surface area contributed by atoms with Crippen molar-refractivity contribution in [3.63, 3.8) is 0 Å². The standard InChI is InChI=1S/C12H8N2/c13-9-10-1-3-11(4-2-10)12-5-7-14-8-6-12/h1-8H. The summed E-state index contributed by atoms with van der Waals surface area (Å²) < 4.78 is 0. The molecule has 0 fully saturated rings. The Morgan fingerprint density at radius 3 is 2.00 bits per heavy atom. The van der Waals surface area contributed by atoms with Crippen LogP contribution in [0.3, 0.4) is 0 Å². The molecule has 0 unspecified atom stereocenters. The van der Waals surface area contributed by atoms with Gasteiger partial charge in [-0.2, -0.15) is 5.26 Å². The summed E-state index contributed by atoms with van der Waals surface area (Å²) in [6.07, 6.45) is 3.51. The summed E-state index contributed by atoms with van der Waals surface area (Å²) in [6.45, 7) is 0. The van der Waals surface area contributed by atoms with E-state index in [2.05, 4.69) is 11.1 Å². The Morgan fingerprint density at radius 2 is 1.43 bits per heavy atom. The molecular weight excluding hydrogens is 172 g/mol. The Bertz CT molecular complexity index is 452. The van der Waals surface area contributed by atoms with Crippen LogP contribution < -0.4 is 0 Å². The second-order valence-electron chi connectivity index (χ2n) is 2.93. The average molecular weight is 180 g/mol. The monoisotopic (exact) mass is 180 g/mol. The third-order valence-corrected chi connectivity index (χ3v) is 2.03. The SMILES string of the molecule is N#Cc1ccc(-c2ccncc2)cc1. The zero-order chi connectivity index (χ0) is 9.80. The Kier molecular flexibility index (Phi) is 2.24. The Morgan fingerprint density at radius 1 is 0.857 bits per heavy atom. The van der Waals surface area contributed by atoms with Crippen LogP contribution in [0.25, 0.3) is 11.1 Å². The van der Waals surface area contributed by atoms with E-state index in [1.165, 1.54) is 0 Å². The van der Waals surface area contributed by atoms with Crippen molar-refractivity contribution >= 4 is 0 Å². The van der Waals surface area contributed by atoms with Crippen LogP contribution in [0.1, 0.15) is 5.56 Å². The average Bonchev–Trinajstić information content (AvgIpc) is 2.30. The van der Waals surface area contributed by atoms with Crippen molar-refractivity contribution in [3.8, 4) is 17.2 Å². The lowest BCUT2D eigenvalue weighted by Gasteiger charge is -1.99. The van der Waals surface area contributed by atoms with Gasteiger partial charge in [-0.25, -0.2) is 0 Å².